The highest BCUT2D eigenvalue weighted by atomic mass is 32.2. The molecule has 1 aromatic heterocycles. The third-order valence-corrected chi connectivity index (χ3v) is 5.18. The first kappa shape index (κ1) is 20.0. The van der Waals surface area contributed by atoms with Crippen molar-refractivity contribution in [3.05, 3.63) is 59.9 Å². The zero-order valence-corrected chi connectivity index (χ0v) is 15.5. The normalized spacial score (nSPS) is 12.2. The van der Waals surface area contributed by atoms with Crippen LogP contribution in [0.1, 0.15) is 36.7 Å². The Balaban J connectivity index is 2.31. The van der Waals surface area contributed by atoms with Crippen molar-refractivity contribution < 1.29 is 22.0 Å². The fourth-order valence-electron chi connectivity index (χ4n) is 2.33. The fourth-order valence-corrected chi connectivity index (χ4v) is 3.05. The highest BCUT2D eigenvalue weighted by Crippen LogP contribution is 2.23. The lowest BCUT2D eigenvalue weighted by Gasteiger charge is -2.36. The molecular formula is C18H20F2N2O3S. The molecule has 0 unspecified atom stereocenters. The summed E-state index contributed by atoms with van der Waals surface area (Å²) < 4.78 is 48.2. The summed E-state index contributed by atoms with van der Waals surface area (Å²) in [6.07, 6.45) is 3.29. The molecule has 0 radical (unpaired) electrons. The van der Waals surface area contributed by atoms with Gasteiger partial charge in [-0.15, -0.1) is 0 Å². The molecule has 2 aromatic rings. The molecule has 140 valence electrons. The Labute approximate surface area is 151 Å². The van der Waals surface area contributed by atoms with Gasteiger partial charge in [-0.2, -0.15) is 8.78 Å². The van der Waals surface area contributed by atoms with E-state index in [1.165, 1.54) is 12.1 Å². The average molecular weight is 382 g/mol. The predicted octanol–water partition coefficient (Wildman–Crippen LogP) is 3.52. The number of halogens is 2. The molecule has 0 N–H and O–H groups in total. The van der Waals surface area contributed by atoms with Gasteiger partial charge in [-0.3, -0.25) is 9.78 Å². The van der Waals surface area contributed by atoms with Crippen LogP contribution in [0.5, 0.6) is 0 Å². The number of amides is 1. The van der Waals surface area contributed by atoms with Crippen molar-refractivity contribution in [3.8, 4) is 0 Å². The van der Waals surface area contributed by atoms with Gasteiger partial charge in [-0.1, -0.05) is 6.07 Å². The Bertz CT molecular complexity index is 862. The fraction of sp³-hybridized carbons (Fsp3) is 0.333. The molecule has 1 amide bonds. The molecule has 8 heteroatoms. The van der Waals surface area contributed by atoms with E-state index in [0.717, 1.165) is 17.7 Å². The molecule has 0 aliphatic heterocycles. The standard InChI is InChI=1S/C18H20F2N2O3S/c1-18(2,3)22(12-13-5-4-10-21-11-13)16(23)14-6-8-15(9-7-14)26(24,25)17(19)20/h4-11,17H,12H2,1-3H3. The molecule has 5 nitrogen and oxygen atoms in total. The lowest BCUT2D eigenvalue weighted by Crippen LogP contribution is -2.45. The molecule has 0 fully saturated rings. The van der Waals surface area contributed by atoms with Crippen molar-refractivity contribution in [2.24, 2.45) is 0 Å². The van der Waals surface area contributed by atoms with Crippen LogP contribution in [0, 0.1) is 0 Å². The molecule has 26 heavy (non-hydrogen) atoms. The number of rotatable bonds is 5. The van der Waals surface area contributed by atoms with E-state index >= 15 is 0 Å². The van der Waals surface area contributed by atoms with E-state index in [0.29, 0.717) is 6.54 Å². The van der Waals surface area contributed by atoms with Gasteiger partial charge in [-0.25, -0.2) is 8.42 Å². The first-order valence-corrected chi connectivity index (χ1v) is 9.41. The van der Waals surface area contributed by atoms with Gasteiger partial charge in [0.25, 0.3) is 5.91 Å². The zero-order chi connectivity index (χ0) is 19.5. The number of aromatic nitrogens is 1. The summed E-state index contributed by atoms with van der Waals surface area (Å²) >= 11 is 0. The Morgan fingerprint density at radius 3 is 2.23 bits per heavy atom. The van der Waals surface area contributed by atoms with Crippen LogP contribution in [-0.4, -0.2) is 35.5 Å². The topological polar surface area (TPSA) is 67.3 Å². The molecule has 0 atom stereocenters. The Kier molecular flexibility index (Phi) is 5.75. The van der Waals surface area contributed by atoms with Crippen LogP contribution in [0.4, 0.5) is 8.78 Å². The van der Waals surface area contributed by atoms with E-state index in [1.807, 2.05) is 26.8 Å². The van der Waals surface area contributed by atoms with E-state index in [9.17, 15) is 22.0 Å². The first-order chi connectivity index (χ1) is 12.0. The maximum absolute atomic E-state index is 12.9. The number of sulfone groups is 1. The maximum atomic E-state index is 12.9. The second-order valence-electron chi connectivity index (χ2n) is 6.75. The van der Waals surface area contributed by atoms with E-state index in [2.05, 4.69) is 4.98 Å². The Morgan fingerprint density at radius 1 is 1.15 bits per heavy atom. The minimum absolute atomic E-state index is 0.219. The highest BCUT2D eigenvalue weighted by molar-refractivity contribution is 7.91. The van der Waals surface area contributed by atoms with Crippen LogP contribution >= 0.6 is 0 Å². The van der Waals surface area contributed by atoms with Crippen molar-refractivity contribution in [1.82, 2.24) is 9.88 Å². The van der Waals surface area contributed by atoms with Crippen LogP contribution in [0.25, 0.3) is 0 Å². The summed E-state index contributed by atoms with van der Waals surface area (Å²) in [6, 6.07) is 8.17. The molecule has 0 bridgehead atoms. The zero-order valence-electron chi connectivity index (χ0n) is 14.7. The van der Waals surface area contributed by atoms with Crippen molar-refractivity contribution >= 4 is 15.7 Å². The minimum atomic E-state index is -4.68. The number of hydrogen-bond acceptors (Lipinski definition) is 4. The van der Waals surface area contributed by atoms with E-state index in [1.54, 1.807) is 23.4 Å². The number of nitrogens with zero attached hydrogens (tertiary/aromatic N) is 2. The summed E-state index contributed by atoms with van der Waals surface area (Å²) in [5, 5.41) is 0. The van der Waals surface area contributed by atoms with E-state index < -0.39 is 26.0 Å². The van der Waals surface area contributed by atoms with E-state index in [-0.39, 0.29) is 11.5 Å². The third kappa shape index (κ3) is 4.43. The van der Waals surface area contributed by atoms with Gasteiger partial charge in [0.2, 0.25) is 9.84 Å². The van der Waals surface area contributed by atoms with Crippen molar-refractivity contribution in [3.63, 3.8) is 0 Å². The average Bonchev–Trinajstić information content (AvgIpc) is 2.59. The van der Waals surface area contributed by atoms with Gasteiger partial charge in [-0.05, 0) is 56.7 Å². The van der Waals surface area contributed by atoms with Crippen molar-refractivity contribution in [1.29, 1.82) is 0 Å². The summed E-state index contributed by atoms with van der Waals surface area (Å²) in [5.41, 5.74) is 0.547. The Hall–Kier alpha value is -2.35. The number of carbonyl (C=O) groups excluding carboxylic acids is 1. The molecule has 1 aromatic carbocycles. The molecule has 2 rings (SSSR count). The Morgan fingerprint density at radius 2 is 1.77 bits per heavy atom. The summed E-state index contributed by atoms with van der Waals surface area (Å²) in [5.74, 6) is -3.83. The highest BCUT2D eigenvalue weighted by Gasteiger charge is 2.29. The lowest BCUT2D eigenvalue weighted by molar-refractivity contribution is 0.0558. The van der Waals surface area contributed by atoms with Crippen LogP contribution < -0.4 is 0 Å². The quantitative estimate of drug-likeness (QED) is 0.794. The summed E-state index contributed by atoms with van der Waals surface area (Å²) in [6.45, 7) is 5.93. The summed E-state index contributed by atoms with van der Waals surface area (Å²) in [4.78, 5) is 18.0. The number of pyridine rings is 1. The van der Waals surface area contributed by atoms with Crippen LogP contribution in [0.2, 0.25) is 0 Å². The molecule has 0 aliphatic carbocycles. The van der Waals surface area contributed by atoms with Gasteiger partial charge in [0.05, 0.1) is 4.90 Å². The van der Waals surface area contributed by atoms with Gasteiger partial charge in [0.1, 0.15) is 0 Å². The minimum Gasteiger partial charge on any atom is -0.329 e. The van der Waals surface area contributed by atoms with Crippen molar-refractivity contribution in [2.75, 3.05) is 0 Å². The number of carbonyl (C=O) groups is 1. The monoisotopic (exact) mass is 382 g/mol. The first-order valence-electron chi connectivity index (χ1n) is 7.86. The molecule has 0 aliphatic rings. The molecule has 0 saturated carbocycles. The van der Waals surface area contributed by atoms with Crippen LogP contribution in [0.15, 0.2) is 53.7 Å². The van der Waals surface area contributed by atoms with Gasteiger partial charge < -0.3 is 4.90 Å². The van der Waals surface area contributed by atoms with Crippen LogP contribution in [0.3, 0.4) is 0 Å². The molecule has 0 saturated heterocycles. The molecule has 0 spiro atoms. The maximum Gasteiger partial charge on any atom is 0.341 e. The third-order valence-electron chi connectivity index (χ3n) is 3.78. The molecular weight excluding hydrogens is 362 g/mol. The largest absolute Gasteiger partial charge is 0.341 e. The van der Waals surface area contributed by atoms with Gasteiger partial charge in [0.15, 0.2) is 0 Å². The number of alkyl halides is 2. The second-order valence-corrected chi connectivity index (χ2v) is 8.67. The van der Waals surface area contributed by atoms with E-state index in [4.69, 9.17) is 0 Å². The SMILES string of the molecule is CC(C)(C)N(Cc1cccnc1)C(=O)c1ccc(S(=O)(=O)C(F)F)cc1. The van der Waals surface area contributed by atoms with Gasteiger partial charge in [0, 0.05) is 30.0 Å². The molecule has 1 heterocycles. The van der Waals surface area contributed by atoms with Gasteiger partial charge >= 0.3 is 5.76 Å². The second kappa shape index (κ2) is 7.49. The lowest BCUT2D eigenvalue weighted by atomic mass is 10.0. The predicted molar refractivity (Wildman–Crippen MR) is 93.5 cm³/mol. The summed E-state index contributed by atoms with van der Waals surface area (Å²) in [7, 11) is -4.68. The number of hydrogen-bond donors (Lipinski definition) is 0. The van der Waals surface area contributed by atoms with Crippen LogP contribution in [-0.2, 0) is 16.4 Å². The number of benzene rings is 1. The van der Waals surface area contributed by atoms with Crippen molar-refractivity contribution in [2.45, 2.75) is 43.5 Å². The smallest absolute Gasteiger partial charge is 0.329 e.